The Morgan fingerprint density at radius 1 is 1.47 bits per heavy atom. The predicted octanol–water partition coefficient (Wildman–Crippen LogP) is 2.28. The Balaban J connectivity index is 2.07. The van der Waals surface area contributed by atoms with Crippen molar-refractivity contribution < 1.29 is 9.84 Å². The standard InChI is InChI=1S/C14H19N3O2/c1-9-11(8-16-17-9)7-15-10(2)13-6-12(19-3)4-5-14(13)18/h4-6,8,10,15,18H,7H2,1-3H3,(H,16,17). The molecule has 102 valence electrons. The number of aryl methyl sites for hydroxylation is 1. The number of nitrogens with zero attached hydrogens (tertiary/aromatic N) is 1. The Bertz CT molecular complexity index is 551. The van der Waals surface area contributed by atoms with Crippen LogP contribution in [0.5, 0.6) is 11.5 Å². The molecule has 5 heteroatoms. The molecule has 0 aliphatic rings. The summed E-state index contributed by atoms with van der Waals surface area (Å²) in [6.07, 6.45) is 1.81. The molecule has 1 aromatic carbocycles. The summed E-state index contributed by atoms with van der Waals surface area (Å²) in [5.41, 5.74) is 2.99. The first kappa shape index (κ1) is 13.4. The molecule has 0 fully saturated rings. The van der Waals surface area contributed by atoms with Crippen LogP contribution in [0.1, 0.15) is 29.8 Å². The minimum Gasteiger partial charge on any atom is -0.508 e. The van der Waals surface area contributed by atoms with Gasteiger partial charge in [-0.15, -0.1) is 0 Å². The van der Waals surface area contributed by atoms with Gasteiger partial charge in [-0.25, -0.2) is 0 Å². The topological polar surface area (TPSA) is 70.2 Å². The molecule has 1 unspecified atom stereocenters. The minimum atomic E-state index is 0.0180. The second-order valence-electron chi connectivity index (χ2n) is 4.55. The Labute approximate surface area is 112 Å². The van der Waals surface area contributed by atoms with Crippen molar-refractivity contribution in [2.24, 2.45) is 0 Å². The number of hydrogen-bond donors (Lipinski definition) is 3. The van der Waals surface area contributed by atoms with Crippen molar-refractivity contribution in [2.45, 2.75) is 26.4 Å². The van der Waals surface area contributed by atoms with Gasteiger partial charge in [0.1, 0.15) is 11.5 Å². The number of hydrogen-bond acceptors (Lipinski definition) is 4. The number of aromatic nitrogens is 2. The summed E-state index contributed by atoms with van der Waals surface area (Å²) in [5, 5.41) is 20.1. The molecular formula is C14H19N3O2. The van der Waals surface area contributed by atoms with Crippen molar-refractivity contribution in [3.05, 3.63) is 41.2 Å². The number of phenolic OH excluding ortho intramolecular Hbond substituents is 1. The average molecular weight is 261 g/mol. The number of rotatable bonds is 5. The fourth-order valence-corrected chi connectivity index (χ4v) is 1.93. The third-order valence-electron chi connectivity index (χ3n) is 3.23. The molecule has 1 atom stereocenters. The van der Waals surface area contributed by atoms with E-state index in [9.17, 15) is 5.11 Å². The Hall–Kier alpha value is -2.01. The molecule has 2 aromatic rings. The molecular weight excluding hydrogens is 242 g/mol. The third-order valence-corrected chi connectivity index (χ3v) is 3.23. The van der Waals surface area contributed by atoms with Crippen molar-refractivity contribution in [1.82, 2.24) is 15.5 Å². The van der Waals surface area contributed by atoms with Crippen LogP contribution in [-0.4, -0.2) is 22.4 Å². The first-order chi connectivity index (χ1) is 9.11. The van der Waals surface area contributed by atoms with Crippen LogP contribution in [0.3, 0.4) is 0 Å². The van der Waals surface area contributed by atoms with E-state index in [2.05, 4.69) is 15.5 Å². The van der Waals surface area contributed by atoms with Crippen molar-refractivity contribution in [3.63, 3.8) is 0 Å². The zero-order chi connectivity index (χ0) is 13.8. The van der Waals surface area contributed by atoms with Crippen LogP contribution in [0.4, 0.5) is 0 Å². The highest BCUT2D eigenvalue weighted by atomic mass is 16.5. The predicted molar refractivity (Wildman–Crippen MR) is 73.2 cm³/mol. The summed E-state index contributed by atoms with van der Waals surface area (Å²) in [6, 6.07) is 5.25. The molecule has 0 saturated heterocycles. The zero-order valence-electron chi connectivity index (χ0n) is 11.4. The highest BCUT2D eigenvalue weighted by molar-refractivity contribution is 5.41. The van der Waals surface area contributed by atoms with Crippen molar-refractivity contribution in [1.29, 1.82) is 0 Å². The second kappa shape index (κ2) is 5.75. The van der Waals surface area contributed by atoms with E-state index in [1.54, 1.807) is 25.4 Å². The number of aromatic hydroxyl groups is 1. The van der Waals surface area contributed by atoms with Gasteiger partial charge in [0.15, 0.2) is 0 Å². The Morgan fingerprint density at radius 2 is 2.26 bits per heavy atom. The maximum Gasteiger partial charge on any atom is 0.120 e. The van der Waals surface area contributed by atoms with E-state index in [-0.39, 0.29) is 11.8 Å². The minimum absolute atomic E-state index is 0.0180. The number of phenols is 1. The number of aromatic amines is 1. The third kappa shape index (κ3) is 3.06. The van der Waals surface area contributed by atoms with Gasteiger partial charge in [0, 0.05) is 29.4 Å². The van der Waals surface area contributed by atoms with E-state index in [1.807, 2.05) is 19.9 Å². The monoisotopic (exact) mass is 261 g/mol. The van der Waals surface area contributed by atoms with Gasteiger partial charge in [0.25, 0.3) is 0 Å². The van der Waals surface area contributed by atoms with Gasteiger partial charge in [-0.05, 0) is 32.0 Å². The number of nitrogens with one attached hydrogen (secondary N) is 2. The van der Waals surface area contributed by atoms with Gasteiger partial charge in [-0.3, -0.25) is 5.10 Å². The largest absolute Gasteiger partial charge is 0.508 e. The normalized spacial score (nSPS) is 12.4. The summed E-state index contributed by atoms with van der Waals surface area (Å²) in [4.78, 5) is 0. The van der Waals surface area contributed by atoms with Gasteiger partial charge in [0.2, 0.25) is 0 Å². The highest BCUT2D eigenvalue weighted by Crippen LogP contribution is 2.28. The molecule has 1 aromatic heterocycles. The molecule has 5 nitrogen and oxygen atoms in total. The molecule has 0 amide bonds. The van der Waals surface area contributed by atoms with Gasteiger partial charge < -0.3 is 15.2 Å². The molecule has 0 aliphatic carbocycles. The van der Waals surface area contributed by atoms with Gasteiger partial charge in [-0.2, -0.15) is 5.10 Å². The van der Waals surface area contributed by atoms with Crippen LogP contribution in [0, 0.1) is 6.92 Å². The van der Waals surface area contributed by atoms with E-state index in [4.69, 9.17) is 4.74 Å². The lowest BCUT2D eigenvalue weighted by molar-refractivity contribution is 0.407. The fourth-order valence-electron chi connectivity index (χ4n) is 1.93. The second-order valence-corrected chi connectivity index (χ2v) is 4.55. The van der Waals surface area contributed by atoms with Crippen LogP contribution in [0.25, 0.3) is 0 Å². The summed E-state index contributed by atoms with van der Waals surface area (Å²) >= 11 is 0. The summed E-state index contributed by atoms with van der Waals surface area (Å²) in [5.74, 6) is 1.01. The first-order valence-corrected chi connectivity index (χ1v) is 6.21. The van der Waals surface area contributed by atoms with Gasteiger partial charge in [0.05, 0.1) is 13.3 Å². The molecule has 2 rings (SSSR count). The number of ether oxygens (including phenoxy) is 1. The van der Waals surface area contributed by atoms with Crippen molar-refractivity contribution in [3.8, 4) is 11.5 Å². The maximum absolute atomic E-state index is 9.90. The molecule has 0 spiro atoms. The average Bonchev–Trinajstić information content (AvgIpc) is 2.82. The SMILES string of the molecule is COc1ccc(O)c(C(C)NCc2cn[nH]c2C)c1. The van der Waals surface area contributed by atoms with Crippen molar-refractivity contribution >= 4 is 0 Å². The summed E-state index contributed by atoms with van der Waals surface area (Å²) in [7, 11) is 1.61. The van der Waals surface area contributed by atoms with Crippen LogP contribution >= 0.6 is 0 Å². The Kier molecular flexibility index (Phi) is 4.06. The highest BCUT2D eigenvalue weighted by Gasteiger charge is 2.12. The van der Waals surface area contributed by atoms with Gasteiger partial charge in [-0.1, -0.05) is 0 Å². The van der Waals surface area contributed by atoms with Gasteiger partial charge >= 0.3 is 0 Å². The smallest absolute Gasteiger partial charge is 0.120 e. The van der Waals surface area contributed by atoms with Crippen LogP contribution in [0.15, 0.2) is 24.4 Å². The van der Waals surface area contributed by atoms with Crippen molar-refractivity contribution in [2.75, 3.05) is 7.11 Å². The zero-order valence-corrected chi connectivity index (χ0v) is 11.4. The van der Waals surface area contributed by atoms with Crippen LogP contribution < -0.4 is 10.1 Å². The van der Waals surface area contributed by atoms with Crippen LogP contribution in [-0.2, 0) is 6.54 Å². The first-order valence-electron chi connectivity index (χ1n) is 6.21. The maximum atomic E-state index is 9.90. The molecule has 0 aliphatic heterocycles. The molecule has 1 heterocycles. The number of benzene rings is 1. The van der Waals surface area contributed by atoms with E-state index in [0.29, 0.717) is 6.54 Å². The van der Waals surface area contributed by atoms with Crippen LogP contribution in [0.2, 0.25) is 0 Å². The molecule has 0 bridgehead atoms. The summed E-state index contributed by atoms with van der Waals surface area (Å²) < 4.78 is 5.18. The van der Waals surface area contributed by atoms with E-state index in [1.165, 1.54) is 0 Å². The molecule has 0 saturated carbocycles. The summed E-state index contributed by atoms with van der Waals surface area (Å²) in [6.45, 7) is 4.68. The fraction of sp³-hybridized carbons (Fsp3) is 0.357. The number of methoxy groups -OCH3 is 1. The lowest BCUT2D eigenvalue weighted by atomic mass is 10.1. The number of H-pyrrole nitrogens is 1. The van der Waals surface area contributed by atoms with E-state index >= 15 is 0 Å². The lowest BCUT2D eigenvalue weighted by Gasteiger charge is -2.16. The quantitative estimate of drug-likeness (QED) is 0.772. The Morgan fingerprint density at radius 3 is 2.89 bits per heavy atom. The van der Waals surface area contributed by atoms with E-state index < -0.39 is 0 Å². The molecule has 19 heavy (non-hydrogen) atoms. The van der Waals surface area contributed by atoms with E-state index in [0.717, 1.165) is 22.6 Å². The molecule has 0 radical (unpaired) electrons. The molecule has 3 N–H and O–H groups in total. The lowest BCUT2D eigenvalue weighted by Crippen LogP contribution is -2.18.